The second kappa shape index (κ2) is 10.3. The van der Waals surface area contributed by atoms with Crippen molar-refractivity contribution < 1.29 is 4.39 Å². The molecule has 0 bridgehead atoms. The van der Waals surface area contributed by atoms with E-state index in [9.17, 15) is 9.59 Å². The third kappa shape index (κ3) is 4.84. The van der Waals surface area contributed by atoms with E-state index in [1.165, 1.54) is 17.1 Å². The van der Waals surface area contributed by atoms with Crippen LogP contribution in [0.25, 0.3) is 10.9 Å². The zero-order valence-electron chi connectivity index (χ0n) is 18.9. The summed E-state index contributed by atoms with van der Waals surface area (Å²) < 4.78 is 18.0. The summed E-state index contributed by atoms with van der Waals surface area (Å²) in [6.45, 7) is 0.124. The molecule has 2 saturated carbocycles. The predicted octanol–water partition coefficient (Wildman–Crippen LogP) is 4.25. The minimum atomic E-state index is -0.499. The summed E-state index contributed by atoms with van der Waals surface area (Å²) in [5.41, 5.74) is 7.04. The highest BCUT2D eigenvalue weighted by atomic mass is 19.1. The number of rotatable bonds is 7. The van der Waals surface area contributed by atoms with Gasteiger partial charge in [-0.05, 0) is 44.2 Å². The molecule has 178 valence electrons. The van der Waals surface area contributed by atoms with Crippen molar-refractivity contribution in [2.45, 2.75) is 89.3 Å². The lowest BCUT2D eigenvalue weighted by Gasteiger charge is -2.25. The number of hydrogen-bond donors (Lipinski definition) is 3. The molecule has 33 heavy (non-hydrogen) atoms. The van der Waals surface area contributed by atoms with E-state index in [4.69, 9.17) is 11.4 Å². The van der Waals surface area contributed by atoms with E-state index in [-0.39, 0.29) is 42.0 Å². The van der Waals surface area contributed by atoms with E-state index in [1.54, 1.807) is 10.6 Å². The Kier molecular flexibility index (Phi) is 7.20. The van der Waals surface area contributed by atoms with Crippen LogP contribution >= 0.6 is 0 Å². The number of benzene rings is 1. The molecule has 0 atom stereocenters. The molecule has 4 N–H and O–H groups in total. The van der Waals surface area contributed by atoms with Crippen molar-refractivity contribution >= 4 is 22.4 Å². The SMILES string of the molecule is N=N/C(CCCn1c(=O)c2cc(F)c(NC3CCCCC3)cc2n(C2CCCC2)c1=O)=N\N. The molecule has 2 aromatic rings. The number of hydrazone groups is 1. The zero-order chi connectivity index (χ0) is 23.4. The van der Waals surface area contributed by atoms with Crippen molar-refractivity contribution in [2.24, 2.45) is 16.1 Å². The Morgan fingerprint density at radius 3 is 2.48 bits per heavy atom. The molecule has 1 heterocycles. The first kappa shape index (κ1) is 23.1. The Morgan fingerprint density at radius 2 is 1.82 bits per heavy atom. The van der Waals surface area contributed by atoms with Crippen LogP contribution < -0.4 is 22.4 Å². The Bertz CT molecular complexity index is 1160. The lowest BCUT2D eigenvalue weighted by molar-refractivity contribution is 0.460. The lowest BCUT2D eigenvalue weighted by Crippen LogP contribution is -2.41. The van der Waals surface area contributed by atoms with Crippen molar-refractivity contribution in [3.8, 4) is 0 Å². The molecule has 1 aromatic carbocycles. The Labute approximate surface area is 191 Å². The summed E-state index contributed by atoms with van der Waals surface area (Å²) in [4.78, 5) is 26.7. The van der Waals surface area contributed by atoms with Crippen LogP contribution in [0, 0.1) is 11.3 Å². The van der Waals surface area contributed by atoms with Crippen molar-refractivity contribution in [1.29, 1.82) is 5.53 Å². The predicted molar refractivity (Wildman–Crippen MR) is 126 cm³/mol. The number of nitrogens with one attached hydrogen (secondary N) is 2. The van der Waals surface area contributed by atoms with Gasteiger partial charge < -0.3 is 11.2 Å². The van der Waals surface area contributed by atoms with Gasteiger partial charge in [0.25, 0.3) is 5.56 Å². The first-order valence-electron chi connectivity index (χ1n) is 11.9. The summed E-state index contributed by atoms with van der Waals surface area (Å²) >= 11 is 0. The molecule has 2 aliphatic carbocycles. The molecule has 0 radical (unpaired) electrons. The number of hydrogen-bond acceptors (Lipinski definition) is 6. The van der Waals surface area contributed by atoms with Gasteiger partial charge >= 0.3 is 5.69 Å². The number of nitrogens with two attached hydrogens (primary N) is 1. The minimum Gasteiger partial charge on any atom is -0.380 e. The van der Waals surface area contributed by atoms with Gasteiger partial charge in [-0.15, -0.1) is 5.11 Å². The number of anilines is 1. The fraction of sp³-hybridized carbons (Fsp3) is 0.609. The molecule has 0 spiro atoms. The van der Waals surface area contributed by atoms with E-state index >= 15 is 4.39 Å². The third-order valence-corrected chi connectivity index (χ3v) is 6.97. The van der Waals surface area contributed by atoms with Crippen molar-refractivity contribution in [2.75, 3.05) is 5.32 Å². The van der Waals surface area contributed by atoms with E-state index in [0.29, 0.717) is 17.6 Å². The van der Waals surface area contributed by atoms with Crippen molar-refractivity contribution in [1.82, 2.24) is 9.13 Å². The van der Waals surface area contributed by atoms with Crippen LogP contribution in [0.5, 0.6) is 0 Å². The van der Waals surface area contributed by atoms with Crippen LogP contribution in [0.3, 0.4) is 0 Å². The number of fused-ring (bicyclic) bond motifs is 1. The standard InChI is InChI=1S/C23H32FN7O2/c24-18-13-17-20(14-19(18)27-15-7-2-1-3-8-15)31(16-9-4-5-10-16)23(33)30(22(17)32)12-6-11-21(28-25)29-26/h13-16,25,27H,1-12,26H2/b28-25?,29-21-. The molecule has 2 fully saturated rings. The van der Waals surface area contributed by atoms with Gasteiger partial charge in [0.15, 0.2) is 5.84 Å². The van der Waals surface area contributed by atoms with Crippen molar-refractivity contribution in [3.05, 3.63) is 38.8 Å². The maximum absolute atomic E-state index is 15.1. The van der Waals surface area contributed by atoms with Gasteiger partial charge in [0.2, 0.25) is 0 Å². The van der Waals surface area contributed by atoms with Crippen LogP contribution in [-0.2, 0) is 6.54 Å². The van der Waals surface area contributed by atoms with E-state index in [2.05, 4.69) is 15.5 Å². The van der Waals surface area contributed by atoms with Crippen LogP contribution in [0.1, 0.15) is 76.7 Å². The van der Waals surface area contributed by atoms with Gasteiger partial charge in [0.1, 0.15) is 5.82 Å². The average Bonchev–Trinajstić information content (AvgIpc) is 3.35. The van der Waals surface area contributed by atoms with E-state index < -0.39 is 11.4 Å². The van der Waals surface area contributed by atoms with Gasteiger partial charge in [-0.25, -0.2) is 14.7 Å². The lowest BCUT2D eigenvalue weighted by atomic mass is 9.95. The van der Waals surface area contributed by atoms with Crippen LogP contribution in [-0.4, -0.2) is 21.0 Å². The molecule has 0 saturated heterocycles. The minimum absolute atomic E-state index is 0.00995. The molecule has 0 unspecified atom stereocenters. The molecule has 1 aromatic heterocycles. The number of halogens is 1. The maximum Gasteiger partial charge on any atom is 0.331 e. The monoisotopic (exact) mass is 457 g/mol. The highest BCUT2D eigenvalue weighted by Crippen LogP contribution is 2.32. The Hall–Kier alpha value is -3.04. The second-order valence-corrected chi connectivity index (χ2v) is 9.14. The molecule has 4 rings (SSSR count). The molecule has 0 amide bonds. The van der Waals surface area contributed by atoms with Gasteiger partial charge in [-0.2, -0.15) is 5.10 Å². The quantitative estimate of drug-likeness (QED) is 0.189. The highest BCUT2D eigenvalue weighted by Gasteiger charge is 2.25. The van der Waals surface area contributed by atoms with Gasteiger partial charge in [-0.1, -0.05) is 32.1 Å². The van der Waals surface area contributed by atoms with Gasteiger partial charge in [-0.3, -0.25) is 13.9 Å². The largest absolute Gasteiger partial charge is 0.380 e. The second-order valence-electron chi connectivity index (χ2n) is 9.14. The van der Waals surface area contributed by atoms with E-state index in [0.717, 1.165) is 51.4 Å². The average molecular weight is 458 g/mol. The third-order valence-electron chi connectivity index (χ3n) is 6.97. The Balaban J connectivity index is 1.77. The number of amidine groups is 1. The molecular weight excluding hydrogens is 425 g/mol. The Morgan fingerprint density at radius 1 is 1.12 bits per heavy atom. The maximum atomic E-state index is 15.1. The van der Waals surface area contributed by atoms with Crippen LogP contribution in [0.4, 0.5) is 10.1 Å². The van der Waals surface area contributed by atoms with Crippen LogP contribution in [0.2, 0.25) is 0 Å². The molecule has 10 heteroatoms. The van der Waals surface area contributed by atoms with Gasteiger partial charge in [0.05, 0.1) is 16.6 Å². The highest BCUT2D eigenvalue weighted by molar-refractivity contribution is 5.83. The normalized spacial score (nSPS) is 18.2. The van der Waals surface area contributed by atoms with Crippen molar-refractivity contribution in [3.63, 3.8) is 0 Å². The first-order chi connectivity index (χ1) is 16.0. The summed E-state index contributed by atoms with van der Waals surface area (Å²) in [5.74, 6) is 4.86. The number of nitrogens with zero attached hydrogens (tertiary/aromatic N) is 4. The fourth-order valence-electron chi connectivity index (χ4n) is 5.23. The topological polar surface area (TPSA) is 131 Å². The molecular formula is C23H32FN7O2. The zero-order valence-corrected chi connectivity index (χ0v) is 18.9. The molecule has 0 aliphatic heterocycles. The smallest absolute Gasteiger partial charge is 0.331 e. The number of aromatic nitrogens is 2. The summed E-state index contributed by atoms with van der Waals surface area (Å²) in [7, 11) is 0. The molecule has 9 nitrogen and oxygen atoms in total. The van der Waals surface area contributed by atoms with Gasteiger partial charge in [0, 0.05) is 25.0 Å². The fourth-order valence-corrected chi connectivity index (χ4v) is 5.23. The first-order valence-corrected chi connectivity index (χ1v) is 11.9. The summed E-state index contributed by atoms with van der Waals surface area (Å²) in [6.07, 6.45) is 9.83. The molecule has 2 aliphatic rings. The summed E-state index contributed by atoms with van der Waals surface area (Å²) in [6, 6.07) is 3.13. The summed E-state index contributed by atoms with van der Waals surface area (Å²) in [5, 5.41) is 10.2. The van der Waals surface area contributed by atoms with Crippen LogP contribution in [0.15, 0.2) is 31.9 Å². The van der Waals surface area contributed by atoms with E-state index in [1.807, 2.05) is 0 Å².